The molecular formula is C58H74N4O2S6. The molecule has 374 valence electrons. The Morgan fingerprint density at radius 1 is 0.471 bits per heavy atom. The van der Waals surface area contributed by atoms with Crippen molar-refractivity contribution in [3.05, 3.63) is 46.2 Å². The van der Waals surface area contributed by atoms with Crippen LogP contribution in [0, 0.1) is 46.3 Å². The molecule has 4 atom stereocenters. The summed E-state index contributed by atoms with van der Waals surface area (Å²) in [6.07, 6.45) is 18.5. The zero-order valence-electron chi connectivity index (χ0n) is 43.0. The highest BCUT2D eigenvalue weighted by molar-refractivity contribution is 7.33. The van der Waals surface area contributed by atoms with Crippen molar-refractivity contribution in [1.82, 2.24) is 9.13 Å². The summed E-state index contributed by atoms with van der Waals surface area (Å²) in [5.74, 6) is 3.34. The molecule has 12 heteroatoms. The molecule has 8 heterocycles. The summed E-state index contributed by atoms with van der Waals surface area (Å²) in [7, 11) is 0. The molecule has 70 heavy (non-hydrogen) atoms. The van der Waals surface area contributed by atoms with E-state index in [1.54, 1.807) is 22.7 Å². The highest BCUT2D eigenvalue weighted by atomic mass is 32.1. The Balaban J connectivity index is 1.30. The quantitative estimate of drug-likeness (QED) is 0.0468. The van der Waals surface area contributed by atoms with Crippen molar-refractivity contribution < 1.29 is 9.47 Å². The summed E-state index contributed by atoms with van der Waals surface area (Å²) in [4.78, 5) is 5.85. The topological polar surface area (TPSA) is 75.9 Å². The molecule has 0 fully saturated rings. The lowest BCUT2D eigenvalue weighted by Crippen LogP contribution is -2.12. The number of hydrogen-bond donors (Lipinski definition) is 0. The molecule has 4 unspecified atom stereocenters. The fourth-order valence-electron chi connectivity index (χ4n) is 10.2. The predicted octanol–water partition coefficient (Wildman–Crippen LogP) is 20.6. The average molecular weight is 1050 g/mol. The second-order valence-corrected chi connectivity index (χ2v) is 25.6. The molecule has 0 saturated carbocycles. The number of hydrogen-bond acceptors (Lipinski definition) is 10. The number of thiophene rings is 6. The molecule has 0 aliphatic heterocycles. The predicted molar refractivity (Wildman–Crippen MR) is 310 cm³/mol. The van der Waals surface area contributed by atoms with Gasteiger partial charge in [-0.2, -0.15) is 10.5 Å². The van der Waals surface area contributed by atoms with Gasteiger partial charge in [0, 0.05) is 13.1 Å². The summed E-state index contributed by atoms with van der Waals surface area (Å²) < 4.78 is 24.5. The van der Waals surface area contributed by atoms with Crippen molar-refractivity contribution >= 4 is 109 Å². The van der Waals surface area contributed by atoms with Crippen LogP contribution in [0.2, 0.25) is 0 Å². The third-order valence-corrected chi connectivity index (χ3v) is 22.1. The van der Waals surface area contributed by atoms with Crippen LogP contribution >= 0.6 is 68.0 Å². The zero-order valence-corrected chi connectivity index (χ0v) is 47.9. The van der Waals surface area contributed by atoms with E-state index in [1.165, 1.54) is 79.4 Å². The van der Waals surface area contributed by atoms with E-state index in [1.807, 2.05) is 45.3 Å². The average Bonchev–Trinajstić information content (AvgIpc) is 4.25. The smallest absolute Gasteiger partial charge is 0.157 e. The third-order valence-electron chi connectivity index (χ3n) is 14.9. The first-order valence-corrected chi connectivity index (χ1v) is 31.7. The monoisotopic (exact) mass is 1050 g/mol. The first kappa shape index (κ1) is 52.7. The van der Waals surface area contributed by atoms with Crippen molar-refractivity contribution in [1.29, 1.82) is 10.5 Å². The number of nitrogens with zero attached hydrogens (tertiary/aromatic N) is 4. The van der Waals surface area contributed by atoms with Crippen molar-refractivity contribution in [3.8, 4) is 52.9 Å². The van der Waals surface area contributed by atoms with Gasteiger partial charge in [0.2, 0.25) is 0 Å². The largest absolute Gasteiger partial charge is 0.490 e. The molecule has 0 aliphatic rings. The van der Waals surface area contributed by atoms with Crippen molar-refractivity contribution in [2.24, 2.45) is 23.7 Å². The number of ether oxygens (including phenoxy) is 2. The first-order chi connectivity index (χ1) is 34.3. The fourth-order valence-corrected chi connectivity index (χ4v) is 17.4. The van der Waals surface area contributed by atoms with Gasteiger partial charge in [-0.3, -0.25) is 0 Å². The number of fused-ring (bicyclic) bond motifs is 6. The van der Waals surface area contributed by atoms with Gasteiger partial charge in [0.15, 0.2) is 11.5 Å². The Morgan fingerprint density at radius 3 is 1.19 bits per heavy atom. The summed E-state index contributed by atoms with van der Waals surface area (Å²) in [6, 6.07) is 14.7. The number of rotatable bonds is 29. The molecule has 0 saturated heterocycles. The molecule has 0 N–H and O–H groups in total. The van der Waals surface area contributed by atoms with Gasteiger partial charge >= 0.3 is 0 Å². The molecule has 0 spiro atoms. The van der Waals surface area contributed by atoms with Crippen LogP contribution in [-0.4, -0.2) is 22.3 Å². The maximum Gasteiger partial charge on any atom is 0.157 e. The maximum atomic E-state index is 11.4. The van der Waals surface area contributed by atoms with Crippen molar-refractivity contribution in [2.75, 3.05) is 13.2 Å². The van der Waals surface area contributed by atoms with E-state index in [0.717, 1.165) is 107 Å². The van der Waals surface area contributed by atoms with Gasteiger partial charge in [-0.05, 0) is 84.4 Å². The van der Waals surface area contributed by atoms with E-state index in [0.29, 0.717) is 59.5 Å². The maximum absolute atomic E-state index is 11.4. The van der Waals surface area contributed by atoms with Crippen LogP contribution in [0.5, 0.6) is 11.5 Å². The van der Waals surface area contributed by atoms with Gasteiger partial charge in [0.05, 0.1) is 83.3 Å². The summed E-state index contributed by atoms with van der Waals surface area (Å²) in [5.41, 5.74) is 6.26. The zero-order chi connectivity index (χ0) is 49.3. The van der Waals surface area contributed by atoms with E-state index in [-0.39, 0.29) is 0 Å². The van der Waals surface area contributed by atoms with Crippen LogP contribution in [0.3, 0.4) is 0 Å². The van der Waals surface area contributed by atoms with E-state index in [2.05, 4.69) is 112 Å². The molecule has 6 nitrogen and oxygen atoms in total. The minimum Gasteiger partial charge on any atom is -0.490 e. The van der Waals surface area contributed by atoms with Crippen molar-refractivity contribution in [2.45, 2.75) is 171 Å². The molecule has 8 aromatic rings. The minimum atomic E-state index is 0.389. The van der Waals surface area contributed by atoms with E-state index < -0.39 is 0 Å². The molecule has 0 radical (unpaired) electrons. The van der Waals surface area contributed by atoms with Crippen LogP contribution in [0.25, 0.3) is 70.1 Å². The Kier molecular flexibility index (Phi) is 18.7. The van der Waals surface area contributed by atoms with E-state index in [4.69, 9.17) is 9.47 Å². The number of unbranched alkanes of at least 4 members (excludes halogenated alkanes) is 4. The lowest BCUT2D eigenvalue weighted by Gasteiger charge is -2.17. The summed E-state index contributed by atoms with van der Waals surface area (Å²) >= 11 is 10.6. The highest BCUT2D eigenvalue weighted by Crippen LogP contribution is 2.57. The standard InChI is InChI=1S/C58H74N4O2S6/c1-9-17-21-37(13-5)33-61-43-25-27-65-53(43)55-45(61)29-47(67-55)57-49(63-35-39(15-7)23-19-11-3)41(31-59)51(69-57)52-42(32-60)50(64-36-40(16-8)24-20-12-4)58(70-52)48-30-46-56(68-48)54-44(26-28-66-54)62(46)34-38(14-6)22-18-10-2/h25-30,37-40H,9-24,33-36H2,1-8H3. The van der Waals surface area contributed by atoms with Gasteiger partial charge in [0.1, 0.15) is 23.3 Å². The molecule has 8 aromatic heterocycles. The first-order valence-electron chi connectivity index (χ1n) is 26.7. The fraction of sp³-hybridized carbons (Fsp3) is 0.552. The van der Waals surface area contributed by atoms with Crippen LogP contribution in [-0.2, 0) is 13.1 Å². The van der Waals surface area contributed by atoms with Gasteiger partial charge in [-0.1, -0.05) is 132 Å². The Labute approximate surface area is 441 Å². The van der Waals surface area contributed by atoms with Crippen LogP contribution in [0.4, 0.5) is 0 Å². The Bertz CT molecular complexity index is 2830. The summed E-state index contributed by atoms with van der Waals surface area (Å²) in [5, 5.41) is 27.2. The molecular weight excluding hydrogens is 977 g/mol. The number of nitriles is 2. The van der Waals surface area contributed by atoms with Crippen LogP contribution < -0.4 is 9.47 Å². The van der Waals surface area contributed by atoms with Gasteiger partial charge in [-0.25, -0.2) is 0 Å². The van der Waals surface area contributed by atoms with E-state index in [9.17, 15) is 10.5 Å². The van der Waals surface area contributed by atoms with Crippen molar-refractivity contribution in [3.63, 3.8) is 0 Å². The molecule has 0 bridgehead atoms. The van der Waals surface area contributed by atoms with Gasteiger partial charge in [0.25, 0.3) is 0 Å². The second kappa shape index (κ2) is 24.9. The van der Waals surface area contributed by atoms with E-state index >= 15 is 0 Å². The minimum absolute atomic E-state index is 0.389. The van der Waals surface area contributed by atoms with Crippen LogP contribution in [0.1, 0.15) is 169 Å². The van der Waals surface area contributed by atoms with Crippen LogP contribution in [0.15, 0.2) is 35.0 Å². The third kappa shape index (κ3) is 10.9. The molecule has 0 aromatic carbocycles. The molecule has 0 aliphatic carbocycles. The lowest BCUT2D eigenvalue weighted by atomic mass is 9.99. The lowest BCUT2D eigenvalue weighted by molar-refractivity contribution is 0.234. The molecule has 0 amide bonds. The Morgan fingerprint density at radius 2 is 0.843 bits per heavy atom. The summed E-state index contributed by atoms with van der Waals surface area (Å²) in [6.45, 7) is 21.4. The Hall–Kier alpha value is -3.62. The normalized spacial score (nSPS) is 13.7. The van der Waals surface area contributed by atoms with Gasteiger partial charge in [-0.15, -0.1) is 68.0 Å². The number of aromatic nitrogens is 2. The van der Waals surface area contributed by atoms with Gasteiger partial charge < -0.3 is 18.6 Å². The second-order valence-electron chi connectivity index (χ2n) is 19.6. The highest BCUT2D eigenvalue weighted by Gasteiger charge is 2.32. The molecule has 8 rings (SSSR count). The SMILES string of the molecule is CCCCC(CC)COc1c(-c2cc3c(s2)c2sccc2n3CC(CC)CCCC)sc(-c2sc(-c3cc4c(s3)c3sccc3n4CC(CC)CCCC)c(OCC(CC)CCCC)c2C#N)c1C#N.